The number of aliphatic imine (C=N–C) groups is 1. The minimum atomic E-state index is -0.998. The summed E-state index contributed by atoms with van der Waals surface area (Å²) in [7, 11) is 2.81. The third-order valence-electron chi connectivity index (χ3n) is 3.71. The Bertz CT molecular complexity index is 411. The number of carboxylic acids is 1. The van der Waals surface area contributed by atoms with E-state index in [9.17, 15) is 20.3 Å². The molecule has 1 unspecified atom stereocenters. The number of rotatable bonds is 6. The molecule has 2 rings (SSSR count). The van der Waals surface area contributed by atoms with Gasteiger partial charge in [-0.25, -0.2) is 9.86 Å². The summed E-state index contributed by atoms with van der Waals surface area (Å²) in [5.74, 6) is -0.253. The monoisotopic (exact) mass is 348 g/mol. The van der Waals surface area contributed by atoms with Gasteiger partial charge in [0.15, 0.2) is 6.04 Å². The van der Waals surface area contributed by atoms with E-state index in [1.807, 2.05) is 0 Å². The second-order valence-corrected chi connectivity index (χ2v) is 8.04. The Labute approximate surface area is 138 Å². The number of carboxylic acid groups (broad SMARTS) is 1. The lowest BCUT2D eigenvalue weighted by atomic mass is 10.1. The van der Waals surface area contributed by atoms with Crippen molar-refractivity contribution in [3.8, 4) is 0 Å². The van der Waals surface area contributed by atoms with Crippen molar-refractivity contribution in [3.63, 3.8) is 0 Å². The van der Waals surface area contributed by atoms with E-state index in [0.29, 0.717) is 31.1 Å². The summed E-state index contributed by atoms with van der Waals surface area (Å²) in [6, 6.07) is -0.885. The van der Waals surface area contributed by atoms with Crippen LogP contribution in [0.25, 0.3) is 0 Å². The zero-order chi connectivity index (χ0) is 15.9. The smallest absolute Gasteiger partial charge is 0.329 e. The molecule has 22 heavy (non-hydrogen) atoms. The van der Waals surface area contributed by atoms with Crippen molar-refractivity contribution in [3.05, 3.63) is 5.21 Å². The van der Waals surface area contributed by atoms with Crippen LogP contribution >= 0.6 is 21.6 Å². The third kappa shape index (κ3) is 5.31. The summed E-state index contributed by atoms with van der Waals surface area (Å²) in [4.78, 5) is 15.5. The van der Waals surface area contributed by atoms with Crippen LogP contribution in [0, 0.1) is 5.21 Å². The molecule has 0 saturated carbocycles. The molecule has 2 saturated heterocycles. The van der Waals surface area contributed by atoms with Crippen LogP contribution in [0.2, 0.25) is 0 Å². The molecule has 126 valence electrons. The third-order valence-corrected chi connectivity index (χ3v) is 6.48. The summed E-state index contributed by atoms with van der Waals surface area (Å²) in [6.07, 6.45) is 5.23. The fourth-order valence-corrected chi connectivity index (χ4v) is 5.15. The average molecular weight is 348 g/mol. The number of amidine groups is 1. The number of piperidine rings is 2. The molecule has 2 atom stereocenters. The molecular weight excluding hydrogens is 326 g/mol. The number of carbonyl (C=O) groups is 1. The van der Waals surface area contributed by atoms with Crippen molar-refractivity contribution in [2.24, 2.45) is 4.99 Å². The fourth-order valence-electron chi connectivity index (χ4n) is 2.43. The maximum Gasteiger partial charge on any atom is 0.329 e. The summed E-state index contributed by atoms with van der Waals surface area (Å²) in [5, 5.41) is 32.7. The first-order valence-corrected chi connectivity index (χ1v) is 9.94. The lowest BCUT2D eigenvalue weighted by Gasteiger charge is -2.39. The van der Waals surface area contributed by atoms with E-state index in [1.54, 1.807) is 0 Å². The van der Waals surface area contributed by atoms with Gasteiger partial charge in [0.25, 0.3) is 0 Å². The first kappa shape index (κ1) is 17.9. The molecule has 0 spiro atoms. The van der Waals surface area contributed by atoms with E-state index in [-0.39, 0.29) is 5.37 Å². The minimum absolute atomic E-state index is 0.0927. The number of nitrogens with zero attached hydrogens (tertiary/aromatic N) is 3. The lowest BCUT2D eigenvalue weighted by Crippen LogP contribution is -2.35. The van der Waals surface area contributed by atoms with Crippen molar-refractivity contribution >= 4 is 33.4 Å². The number of hydrogen-bond donors (Lipinski definition) is 2. The standard InChI is InChI=1S/C13H22N3O4S2/c17-13(18)10(14-11-5-1-3-7-15(11)19)9-21-22-12-6-2-4-8-16(12)20/h10,12,19H,1-9H2,(H,17,18)/q-1/t10-,12?/m0/s1. The topological polar surface area (TPSA) is 99.4 Å². The first-order chi connectivity index (χ1) is 10.6. The highest BCUT2D eigenvalue weighted by molar-refractivity contribution is 8.76. The molecule has 0 aromatic carbocycles. The average Bonchev–Trinajstić information content (AvgIpc) is 2.50. The zero-order valence-electron chi connectivity index (χ0n) is 12.4. The van der Waals surface area contributed by atoms with Gasteiger partial charge in [-0.1, -0.05) is 21.6 Å². The van der Waals surface area contributed by atoms with Crippen LogP contribution in [0.15, 0.2) is 4.99 Å². The van der Waals surface area contributed by atoms with Gasteiger partial charge in [-0.15, -0.1) is 0 Å². The van der Waals surface area contributed by atoms with Crippen LogP contribution in [0.4, 0.5) is 0 Å². The van der Waals surface area contributed by atoms with Crippen molar-refractivity contribution in [2.45, 2.75) is 49.9 Å². The molecule has 2 aliphatic rings. The van der Waals surface area contributed by atoms with Gasteiger partial charge in [0.1, 0.15) is 5.84 Å². The van der Waals surface area contributed by atoms with Gasteiger partial charge in [-0.05, 0) is 38.6 Å². The normalized spacial score (nSPS) is 27.1. The second kappa shape index (κ2) is 8.97. The van der Waals surface area contributed by atoms with Gasteiger partial charge < -0.3 is 15.4 Å². The van der Waals surface area contributed by atoms with Gasteiger partial charge in [0.2, 0.25) is 0 Å². The minimum Gasteiger partial charge on any atom is -0.784 e. The maximum atomic E-state index is 11.7. The summed E-state index contributed by atoms with van der Waals surface area (Å²) >= 11 is 0. The van der Waals surface area contributed by atoms with E-state index in [4.69, 9.17) is 0 Å². The van der Waals surface area contributed by atoms with Gasteiger partial charge in [0, 0.05) is 18.7 Å². The predicted molar refractivity (Wildman–Crippen MR) is 89.0 cm³/mol. The van der Waals surface area contributed by atoms with Crippen molar-refractivity contribution in [1.82, 2.24) is 10.1 Å². The molecule has 2 aliphatic heterocycles. The molecule has 0 aromatic heterocycles. The first-order valence-electron chi connectivity index (χ1n) is 7.56. The Hall–Kier alpha value is -0.480. The van der Waals surface area contributed by atoms with Gasteiger partial charge in [-0.2, -0.15) is 0 Å². The molecule has 2 N–H and O–H groups in total. The van der Waals surface area contributed by atoms with Crippen molar-refractivity contribution in [1.29, 1.82) is 0 Å². The number of hydroxylamine groups is 4. The number of hydrogen-bond acceptors (Lipinski definition) is 7. The largest absolute Gasteiger partial charge is 0.784 e. The second-order valence-electron chi connectivity index (χ2n) is 5.45. The van der Waals surface area contributed by atoms with Gasteiger partial charge in [-0.3, -0.25) is 10.2 Å². The Morgan fingerprint density at radius 3 is 2.82 bits per heavy atom. The van der Waals surface area contributed by atoms with E-state index in [1.165, 1.54) is 21.6 Å². The molecule has 7 nitrogen and oxygen atoms in total. The van der Waals surface area contributed by atoms with E-state index in [0.717, 1.165) is 42.2 Å². The SMILES string of the molecule is O=C(O)[C@H](CSSC1CCCCN1[O-])N=C1CCCCN1O. The summed E-state index contributed by atoms with van der Waals surface area (Å²) < 4.78 is 0. The van der Waals surface area contributed by atoms with Crippen LogP contribution in [0.3, 0.4) is 0 Å². The zero-order valence-corrected chi connectivity index (χ0v) is 14.0. The quantitative estimate of drug-likeness (QED) is 0.706. The van der Waals surface area contributed by atoms with Gasteiger partial charge >= 0.3 is 5.97 Å². The summed E-state index contributed by atoms with van der Waals surface area (Å²) in [6.45, 7) is 1.06. The Kier molecular flexibility index (Phi) is 7.29. The molecule has 0 radical (unpaired) electrons. The van der Waals surface area contributed by atoms with E-state index < -0.39 is 12.0 Å². The Balaban J connectivity index is 1.83. The Morgan fingerprint density at radius 2 is 2.14 bits per heavy atom. The summed E-state index contributed by atoms with van der Waals surface area (Å²) in [5.41, 5.74) is 0. The molecule has 0 aliphatic carbocycles. The predicted octanol–water partition coefficient (Wildman–Crippen LogP) is 2.40. The van der Waals surface area contributed by atoms with Crippen molar-refractivity contribution in [2.75, 3.05) is 18.8 Å². The highest BCUT2D eigenvalue weighted by Crippen LogP contribution is 2.35. The molecule has 2 fully saturated rings. The lowest BCUT2D eigenvalue weighted by molar-refractivity contribution is -0.137. The molecule has 9 heteroatoms. The molecule has 0 amide bonds. The van der Waals surface area contributed by atoms with Crippen LogP contribution in [-0.2, 0) is 4.79 Å². The maximum absolute atomic E-state index is 11.7. The van der Waals surface area contributed by atoms with Crippen LogP contribution in [-0.4, -0.2) is 62.5 Å². The van der Waals surface area contributed by atoms with Crippen LogP contribution in [0.5, 0.6) is 0 Å². The van der Waals surface area contributed by atoms with Crippen LogP contribution in [0.1, 0.15) is 38.5 Å². The Morgan fingerprint density at radius 1 is 1.36 bits per heavy atom. The van der Waals surface area contributed by atoms with E-state index >= 15 is 0 Å². The van der Waals surface area contributed by atoms with Crippen molar-refractivity contribution < 1.29 is 15.1 Å². The molecular formula is C13H22N3O4S2-. The molecule has 0 bridgehead atoms. The number of aliphatic carboxylic acids is 1. The highest BCUT2D eigenvalue weighted by Gasteiger charge is 2.23. The molecule has 2 heterocycles. The van der Waals surface area contributed by atoms with Crippen LogP contribution < -0.4 is 0 Å². The fraction of sp³-hybridized carbons (Fsp3) is 0.846. The van der Waals surface area contributed by atoms with E-state index in [2.05, 4.69) is 4.99 Å². The van der Waals surface area contributed by atoms with Gasteiger partial charge in [0.05, 0.1) is 5.37 Å². The highest BCUT2D eigenvalue weighted by atomic mass is 33.1. The molecule has 0 aromatic rings.